The van der Waals surface area contributed by atoms with Crippen LogP contribution in [0.3, 0.4) is 0 Å². The zero-order valence-corrected chi connectivity index (χ0v) is 34.9. The van der Waals surface area contributed by atoms with Crippen molar-refractivity contribution in [1.29, 1.82) is 0 Å². The quantitative estimate of drug-likeness (QED) is 0.173. The zero-order chi connectivity index (χ0) is 42.6. The molecule has 0 spiro atoms. The summed E-state index contributed by atoms with van der Waals surface area (Å²) in [7, 11) is 0. The molecule has 0 radical (unpaired) electrons. The van der Waals surface area contributed by atoms with E-state index in [0.717, 1.165) is 93.5 Å². The van der Waals surface area contributed by atoms with Crippen LogP contribution in [0.4, 0.5) is 0 Å². The van der Waals surface area contributed by atoms with Crippen molar-refractivity contribution in [2.45, 2.75) is 0 Å². The molecule has 6 nitrogen and oxygen atoms in total. The van der Waals surface area contributed by atoms with Gasteiger partial charge in [-0.15, -0.1) is 0 Å². The van der Waals surface area contributed by atoms with Crippen LogP contribution in [-0.4, -0.2) is 24.1 Å². The minimum atomic E-state index is 0.537. The number of hydrogen-bond donors (Lipinski definition) is 0. The molecule has 0 unspecified atom stereocenters. The Morgan fingerprint density at radius 2 is 0.846 bits per heavy atom. The van der Waals surface area contributed by atoms with Crippen LogP contribution >= 0.6 is 0 Å². The average molecular weight is 830 g/mol. The molecular formula is C59H35N5O. The van der Waals surface area contributed by atoms with E-state index in [4.69, 9.17) is 19.4 Å². The van der Waals surface area contributed by atoms with Crippen molar-refractivity contribution in [3.63, 3.8) is 0 Å². The molecule has 0 bridgehead atoms. The molecule has 14 rings (SSSR count). The SMILES string of the molecule is c1ccc(-c2cccc(-c3nc(-c4cc5c(cc4-n4c6cc7ccccc7cc6c6cc7ccccc7cc64)oc4ccccc45)nc(-n4c5ccccc5c5ccccc54)n3)c2)cc1. The molecule has 0 N–H and O–H groups in total. The van der Waals surface area contributed by atoms with E-state index in [1.807, 2.05) is 18.2 Å². The smallest absolute Gasteiger partial charge is 0.238 e. The summed E-state index contributed by atoms with van der Waals surface area (Å²) in [6.45, 7) is 0. The fourth-order valence-corrected chi connectivity index (χ4v) is 10.1. The summed E-state index contributed by atoms with van der Waals surface area (Å²) in [5.74, 6) is 1.66. The third-order valence-electron chi connectivity index (χ3n) is 13.1. The summed E-state index contributed by atoms with van der Waals surface area (Å²) in [4.78, 5) is 16.4. The van der Waals surface area contributed by atoms with E-state index in [9.17, 15) is 0 Å². The van der Waals surface area contributed by atoms with Gasteiger partial charge in [0.2, 0.25) is 5.95 Å². The van der Waals surface area contributed by atoms with Crippen LogP contribution in [0.15, 0.2) is 217 Å². The highest BCUT2D eigenvalue weighted by atomic mass is 16.3. The second-order valence-electron chi connectivity index (χ2n) is 16.8. The van der Waals surface area contributed by atoms with Gasteiger partial charge >= 0.3 is 0 Å². The Balaban J connectivity index is 1.13. The molecule has 0 amide bonds. The number of fused-ring (bicyclic) bond motifs is 11. The molecule has 6 heteroatoms. The Bertz CT molecular complexity index is 4110. The molecule has 0 aliphatic rings. The third-order valence-corrected chi connectivity index (χ3v) is 13.1. The molecule has 0 aliphatic carbocycles. The summed E-state index contributed by atoms with van der Waals surface area (Å²) in [6.07, 6.45) is 0. The molecule has 10 aromatic carbocycles. The van der Waals surface area contributed by atoms with Crippen molar-refractivity contribution in [2.75, 3.05) is 0 Å². The van der Waals surface area contributed by atoms with Gasteiger partial charge in [0, 0.05) is 49.5 Å². The largest absolute Gasteiger partial charge is 0.456 e. The van der Waals surface area contributed by atoms with Crippen molar-refractivity contribution >= 4 is 87.1 Å². The lowest BCUT2D eigenvalue weighted by Gasteiger charge is -2.16. The first-order chi connectivity index (χ1) is 32.2. The molecular weight excluding hydrogens is 795 g/mol. The van der Waals surface area contributed by atoms with E-state index in [-0.39, 0.29) is 0 Å². The maximum Gasteiger partial charge on any atom is 0.238 e. The molecule has 0 aliphatic heterocycles. The first kappa shape index (κ1) is 35.7. The second-order valence-corrected chi connectivity index (χ2v) is 16.8. The second kappa shape index (κ2) is 13.8. The standard InChI is InChI=1S/C59H35N5O/c1-2-15-36(16-3-1)37-21-14-22-42(29-37)57-60-58(62-59(61-57)64-50-26-11-8-23-43(50)44-24-9-12-27-51(44)64)49-34-48-45-25-10-13-28-55(45)65-56(48)35-54(49)63-52-32-40-19-6-4-17-38(40)30-46(52)47-31-39-18-5-7-20-41(39)33-53(47)63/h1-35H. The molecule has 4 heterocycles. The maximum atomic E-state index is 6.70. The lowest BCUT2D eigenvalue weighted by atomic mass is 10.0. The van der Waals surface area contributed by atoms with Crippen LogP contribution in [0, 0.1) is 0 Å². The normalized spacial score (nSPS) is 12.0. The summed E-state index contributed by atoms with van der Waals surface area (Å²) in [6, 6.07) is 75.1. The number of para-hydroxylation sites is 3. The van der Waals surface area contributed by atoms with E-state index in [0.29, 0.717) is 17.6 Å². The number of furan rings is 1. The molecule has 4 aromatic heterocycles. The number of nitrogens with zero attached hydrogens (tertiary/aromatic N) is 5. The number of rotatable bonds is 5. The summed E-state index contributed by atoms with van der Waals surface area (Å²) >= 11 is 0. The predicted octanol–water partition coefficient (Wildman–Crippen LogP) is 15.3. The van der Waals surface area contributed by atoms with Crippen LogP contribution in [-0.2, 0) is 0 Å². The monoisotopic (exact) mass is 829 g/mol. The lowest BCUT2D eigenvalue weighted by molar-refractivity contribution is 0.668. The van der Waals surface area contributed by atoms with Crippen molar-refractivity contribution in [1.82, 2.24) is 24.1 Å². The van der Waals surface area contributed by atoms with Gasteiger partial charge in [-0.25, -0.2) is 4.98 Å². The molecule has 0 saturated carbocycles. The van der Waals surface area contributed by atoms with Gasteiger partial charge < -0.3 is 8.98 Å². The Labute approximate surface area is 371 Å². The van der Waals surface area contributed by atoms with Gasteiger partial charge in [-0.05, 0) is 87.3 Å². The minimum Gasteiger partial charge on any atom is -0.456 e. The van der Waals surface area contributed by atoms with Crippen molar-refractivity contribution in [3.05, 3.63) is 212 Å². The van der Waals surface area contributed by atoms with E-state index in [2.05, 4.69) is 203 Å². The van der Waals surface area contributed by atoms with Gasteiger partial charge in [0.25, 0.3) is 0 Å². The maximum absolute atomic E-state index is 6.70. The van der Waals surface area contributed by atoms with Gasteiger partial charge in [0.05, 0.1) is 27.8 Å². The molecule has 65 heavy (non-hydrogen) atoms. The van der Waals surface area contributed by atoms with Gasteiger partial charge in [-0.1, -0.05) is 152 Å². The first-order valence-corrected chi connectivity index (χ1v) is 21.9. The Morgan fingerprint density at radius 1 is 0.308 bits per heavy atom. The van der Waals surface area contributed by atoms with Crippen molar-refractivity contribution in [2.24, 2.45) is 0 Å². The number of aromatic nitrogens is 5. The third kappa shape index (κ3) is 5.51. The zero-order valence-electron chi connectivity index (χ0n) is 34.9. The molecule has 0 atom stereocenters. The van der Waals surface area contributed by atoms with Gasteiger partial charge in [0.15, 0.2) is 11.6 Å². The van der Waals surface area contributed by atoms with E-state index in [1.54, 1.807) is 0 Å². The lowest BCUT2D eigenvalue weighted by Crippen LogP contribution is -2.08. The first-order valence-electron chi connectivity index (χ1n) is 21.9. The Morgan fingerprint density at radius 3 is 1.52 bits per heavy atom. The molecule has 14 aromatic rings. The fraction of sp³-hybridized carbons (Fsp3) is 0. The Hall–Kier alpha value is -8.87. The van der Waals surface area contributed by atoms with Gasteiger partial charge in [-0.3, -0.25) is 4.57 Å². The number of hydrogen-bond acceptors (Lipinski definition) is 4. The highest BCUT2D eigenvalue weighted by Gasteiger charge is 2.24. The average Bonchev–Trinajstić information content (AvgIpc) is 4.01. The van der Waals surface area contributed by atoms with Crippen molar-refractivity contribution < 1.29 is 4.42 Å². The highest BCUT2D eigenvalue weighted by Crippen LogP contribution is 2.43. The molecule has 0 saturated heterocycles. The van der Waals surface area contributed by atoms with E-state index >= 15 is 0 Å². The summed E-state index contributed by atoms with van der Waals surface area (Å²) < 4.78 is 11.3. The van der Waals surface area contributed by atoms with Crippen LogP contribution in [0.1, 0.15) is 0 Å². The Kier molecular flexibility index (Phi) is 7.59. The highest BCUT2D eigenvalue weighted by molar-refractivity contribution is 6.18. The summed E-state index contributed by atoms with van der Waals surface area (Å²) in [5, 5.41) is 11.3. The minimum absolute atomic E-state index is 0.537. The van der Waals surface area contributed by atoms with Crippen LogP contribution in [0.25, 0.3) is 133 Å². The van der Waals surface area contributed by atoms with E-state index in [1.165, 1.54) is 21.5 Å². The van der Waals surface area contributed by atoms with Gasteiger partial charge in [-0.2, -0.15) is 9.97 Å². The van der Waals surface area contributed by atoms with Crippen LogP contribution in [0.2, 0.25) is 0 Å². The number of benzene rings is 10. The van der Waals surface area contributed by atoms with E-state index < -0.39 is 0 Å². The van der Waals surface area contributed by atoms with Crippen molar-refractivity contribution in [3.8, 4) is 45.5 Å². The molecule has 302 valence electrons. The molecule has 0 fully saturated rings. The van der Waals surface area contributed by atoms with Crippen LogP contribution in [0.5, 0.6) is 0 Å². The predicted molar refractivity (Wildman–Crippen MR) is 267 cm³/mol. The van der Waals surface area contributed by atoms with Gasteiger partial charge in [0.1, 0.15) is 11.2 Å². The van der Waals surface area contributed by atoms with Crippen LogP contribution < -0.4 is 0 Å². The summed E-state index contributed by atoms with van der Waals surface area (Å²) in [5.41, 5.74) is 10.7. The fourth-order valence-electron chi connectivity index (χ4n) is 10.1. The topological polar surface area (TPSA) is 61.7 Å².